The second kappa shape index (κ2) is 4.20. The van der Waals surface area contributed by atoms with Gasteiger partial charge in [0.1, 0.15) is 4.90 Å². The SMILES string of the molecule is O=S(=O)(Cl)c1cc(Br)ccc1-n1cccn1. The van der Waals surface area contributed by atoms with Crippen molar-refractivity contribution < 1.29 is 8.42 Å². The highest BCUT2D eigenvalue weighted by Gasteiger charge is 2.17. The summed E-state index contributed by atoms with van der Waals surface area (Å²) in [6.07, 6.45) is 3.21. The van der Waals surface area contributed by atoms with E-state index >= 15 is 0 Å². The Hall–Kier alpha value is -0.850. The molecule has 0 spiro atoms. The summed E-state index contributed by atoms with van der Waals surface area (Å²) in [7, 11) is 1.56. The van der Waals surface area contributed by atoms with Crippen molar-refractivity contribution in [3.8, 4) is 5.69 Å². The molecule has 84 valence electrons. The van der Waals surface area contributed by atoms with E-state index in [1.165, 1.54) is 10.7 Å². The van der Waals surface area contributed by atoms with E-state index in [1.54, 1.807) is 30.6 Å². The second-order valence-corrected chi connectivity index (χ2v) is 6.45. The van der Waals surface area contributed by atoms with Crippen LogP contribution in [-0.2, 0) is 9.05 Å². The van der Waals surface area contributed by atoms with E-state index in [0.717, 1.165) is 0 Å². The van der Waals surface area contributed by atoms with Crippen molar-refractivity contribution in [3.63, 3.8) is 0 Å². The molecule has 4 nitrogen and oxygen atoms in total. The lowest BCUT2D eigenvalue weighted by molar-refractivity contribution is 0.608. The molecule has 2 rings (SSSR count). The van der Waals surface area contributed by atoms with Gasteiger partial charge in [-0.3, -0.25) is 0 Å². The zero-order valence-electron chi connectivity index (χ0n) is 7.84. The molecule has 2 aromatic rings. The molecular weight excluding hydrogens is 316 g/mol. The lowest BCUT2D eigenvalue weighted by Crippen LogP contribution is -2.02. The highest BCUT2D eigenvalue weighted by atomic mass is 79.9. The number of rotatable bonds is 2. The van der Waals surface area contributed by atoms with E-state index in [0.29, 0.717) is 10.2 Å². The summed E-state index contributed by atoms with van der Waals surface area (Å²) in [6, 6.07) is 6.50. The minimum absolute atomic E-state index is 0.0206. The lowest BCUT2D eigenvalue weighted by Gasteiger charge is -2.07. The van der Waals surface area contributed by atoms with E-state index < -0.39 is 9.05 Å². The first-order chi connectivity index (χ1) is 7.48. The summed E-state index contributed by atoms with van der Waals surface area (Å²) in [5, 5.41) is 3.97. The van der Waals surface area contributed by atoms with Gasteiger partial charge in [0.15, 0.2) is 0 Å². The first kappa shape index (κ1) is 11.6. The van der Waals surface area contributed by atoms with E-state index in [9.17, 15) is 8.42 Å². The van der Waals surface area contributed by atoms with Crippen LogP contribution in [0.5, 0.6) is 0 Å². The van der Waals surface area contributed by atoms with Crippen LogP contribution in [0.25, 0.3) is 5.69 Å². The van der Waals surface area contributed by atoms with Gasteiger partial charge in [-0.15, -0.1) is 0 Å². The van der Waals surface area contributed by atoms with Crippen LogP contribution in [0, 0.1) is 0 Å². The minimum atomic E-state index is -3.80. The Balaban J connectivity index is 2.72. The van der Waals surface area contributed by atoms with Gasteiger partial charge in [-0.05, 0) is 24.3 Å². The summed E-state index contributed by atoms with van der Waals surface area (Å²) in [6.45, 7) is 0. The highest BCUT2D eigenvalue weighted by Crippen LogP contribution is 2.26. The van der Waals surface area contributed by atoms with E-state index in [4.69, 9.17) is 10.7 Å². The summed E-state index contributed by atoms with van der Waals surface area (Å²) in [5.74, 6) is 0. The number of nitrogens with zero attached hydrogens (tertiary/aromatic N) is 2. The Morgan fingerprint density at radius 2 is 2.12 bits per heavy atom. The van der Waals surface area contributed by atoms with Crippen molar-refractivity contribution in [2.75, 3.05) is 0 Å². The molecule has 0 saturated heterocycles. The van der Waals surface area contributed by atoms with E-state index in [1.807, 2.05) is 0 Å². The molecule has 1 heterocycles. The number of hydrogen-bond donors (Lipinski definition) is 0. The Kier molecular flexibility index (Phi) is 3.05. The summed E-state index contributed by atoms with van der Waals surface area (Å²) >= 11 is 3.20. The molecule has 0 bridgehead atoms. The van der Waals surface area contributed by atoms with Crippen molar-refractivity contribution >= 4 is 35.7 Å². The van der Waals surface area contributed by atoms with Gasteiger partial charge in [0.25, 0.3) is 9.05 Å². The third kappa shape index (κ3) is 2.28. The van der Waals surface area contributed by atoms with Gasteiger partial charge < -0.3 is 0 Å². The molecule has 0 unspecified atom stereocenters. The van der Waals surface area contributed by atoms with Gasteiger partial charge in [-0.1, -0.05) is 15.9 Å². The summed E-state index contributed by atoms with van der Waals surface area (Å²) < 4.78 is 24.9. The van der Waals surface area contributed by atoms with E-state index in [-0.39, 0.29) is 4.90 Å². The number of halogens is 2. The fourth-order valence-corrected chi connectivity index (χ4v) is 2.85. The van der Waals surface area contributed by atoms with Gasteiger partial charge in [0.05, 0.1) is 5.69 Å². The smallest absolute Gasteiger partial charge is 0.240 e. The maximum atomic E-state index is 11.4. The molecule has 0 aliphatic heterocycles. The van der Waals surface area contributed by atoms with Gasteiger partial charge >= 0.3 is 0 Å². The summed E-state index contributed by atoms with van der Waals surface area (Å²) in [4.78, 5) is 0.0206. The Bertz CT molecular complexity index is 610. The zero-order valence-corrected chi connectivity index (χ0v) is 11.0. The topological polar surface area (TPSA) is 52.0 Å². The molecule has 0 saturated carbocycles. The monoisotopic (exact) mass is 320 g/mol. The molecule has 0 aliphatic rings. The van der Waals surface area contributed by atoms with Crippen molar-refractivity contribution in [1.29, 1.82) is 0 Å². The highest BCUT2D eigenvalue weighted by molar-refractivity contribution is 9.10. The van der Waals surface area contributed by atoms with Crippen molar-refractivity contribution in [3.05, 3.63) is 41.1 Å². The van der Waals surface area contributed by atoms with Crippen molar-refractivity contribution in [1.82, 2.24) is 9.78 Å². The van der Waals surface area contributed by atoms with E-state index in [2.05, 4.69) is 21.0 Å². The number of hydrogen-bond acceptors (Lipinski definition) is 3. The largest absolute Gasteiger partial charge is 0.263 e. The second-order valence-electron chi connectivity index (χ2n) is 3.00. The van der Waals surface area contributed by atoms with Crippen LogP contribution < -0.4 is 0 Å². The van der Waals surface area contributed by atoms with Gasteiger partial charge in [-0.2, -0.15) is 5.10 Å². The molecule has 0 amide bonds. The third-order valence-corrected chi connectivity index (χ3v) is 3.78. The van der Waals surface area contributed by atoms with Crippen LogP contribution in [0.2, 0.25) is 0 Å². The quantitative estimate of drug-likeness (QED) is 0.799. The molecule has 1 aromatic carbocycles. The molecule has 0 radical (unpaired) electrons. The predicted molar refractivity (Wildman–Crippen MR) is 64.3 cm³/mol. The molecule has 1 aromatic heterocycles. The fraction of sp³-hybridized carbons (Fsp3) is 0. The van der Waals surface area contributed by atoms with Crippen LogP contribution in [0.1, 0.15) is 0 Å². The third-order valence-electron chi connectivity index (χ3n) is 1.94. The molecule has 0 N–H and O–H groups in total. The maximum absolute atomic E-state index is 11.4. The van der Waals surface area contributed by atoms with Gasteiger partial charge in [0.2, 0.25) is 0 Å². The molecule has 0 aliphatic carbocycles. The zero-order chi connectivity index (χ0) is 11.8. The van der Waals surface area contributed by atoms with Crippen LogP contribution in [0.3, 0.4) is 0 Å². The first-order valence-corrected chi connectivity index (χ1v) is 7.33. The maximum Gasteiger partial charge on any atom is 0.263 e. The Morgan fingerprint density at radius 3 is 2.69 bits per heavy atom. The van der Waals surface area contributed by atoms with Crippen LogP contribution in [-0.4, -0.2) is 18.2 Å². The van der Waals surface area contributed by atoms with Gasteiger partial charge in [0, 0.05) is 27.5 Å². The standard InChI is InChI=1S/C9H6BrClN2O2S/c10-7-2-3-8(13-5-1-4-12-13)9(6-7)16(11,14)15/h1-6H. The Morgan fingerprint density at radius 1 is 1.38 bits per heavy atom. The van der Waals surface area contributed by atoms with Crippen molar-refractivity contribution in [2.45, 2.75) is 4.90 Å². The lowest BCUT2D eigenvalue weighted by atomic mass is 10.3. The Labute approximate surface area is 105 Å². The number of aromatic nitrogens is 2. The average Bonchev–Trinajstić information content (AvgIpc) is 2.69. The fourth-order valence-electron chi connectivity index (χ4n) is 1.28. The van der Waals surface area contributed by atoms with Crippen LogP contribution in [0.4, 0.5) is 0 Å². The molecular formula is C9H6BrClN2O2S. The minimum Gasteiger partial charge on any atom is -0.240 e. The first-order valence-electron chi connectivity index (χ1n) is 4.23. The molecule has 7 heteroatoms. The average molecular weight is 322 g/mol. The normalized spacial score (nSPS) is 11.6. The summed E-state index contributed by atoms with van der Waals surface area (Å²) in [5.41, 5.74) is 0.420. The van der Waals surface area contributed by atoms with Crippen LogP contribution >= 0.6 is 26.6 Å². The predicted octanol–water partition coefficient (Wildman–Crippen LogP) is 2.56. The number of benzene rings is 1. The van der Waals surface area contributed by atoms with Crippen molar-refractivity contribution in [2.24, 2.45) is 0 Å². The molecule has 0 fully saturated rings. The molecule has 0 atom stereocenters. The van der Waals surface area contributed by atoms with Crippen LogP contribution in [0.15, 0.2) is 46.0 Å². The molecule has 16 heavy (non-hydrogen) atoms. The van der Waals surface area contributed by atoms with Gasteiger partial charge in [-0.25, -0.2) is 13.1 Å².